The van der Waals surface area contributed by atoms with Crippen molar-refractivity contribution in [3.8, 4) is 0 Å². The van der Waals surface area contributed by atoms with Crippen molar-refractivity contribution in [3.05, 3.63) is 34.9 Å². The molecule has 2 unspecified atom stereocenters. The molecule has 2 atom stereocenters. The van der Waals surface area contributed by atoms with Gasteiger partial charge < -0.3 is 5.32 Å². The van der Waals surface area contributed by atoms with Gasteiger partial charge in [-0.05, 0) is 73.6 Å². The molecule has 0 saturated heterocycles. The molecule has 3 rings (SSSR count). The van der Waals surface area contributed by atoms with Gasteiger partial charge in [0.15, 0.2) is 0 Å². The third kappa shape index (κ3) is 2.86. The molecule has 1 N–H and O–H groups in total. The number of hydrogen-bond donors (Lipinski definition) is 1. The summed E-state index contributed by atoms with van der Waals surface area (Å²) in [6, 6.07) is 7.83. The first-order valence-corrected chi connectivity index (χ1v) is 8.14. The van der Waals surface area contributed by atoms with Crippen LogP contribution in [0.25, 0.3) is 0 Å². The molecule has 0 heterocycles. The highest BCUT2D eigenvalue weighted by molar-refractivity contribution is 5.36. The summed E-state index contributed by atoms with van der Waals surface area (Å²) in [4.78, 5) is 0. The monoisotopic (exact) mass is 257 g/mol. The molecule has 2 aliphatic carbocycles. The van der Waals surface area contributed by atoms with Crippen LogP contribution in [0.1, 0.15) is 62.3 Å². The average molecular weight is 257 g/mol. The van der Waals surface area contributed by atoms with Gasteiger partial charge in [-0.1, -0.05) is 32.0 Å². The highest BCUT2D eigenvalue weighted by Crippen LogP contribution is 2.43. The van der Waals surface area contributed by atoms with Crippen LogP contribution in [0, 0.1) is 11.8 Å². The topological polar surface area (TPSA) is 12.0 Å². The first-order chi connectivity index (χ1) is 9.29. The molecule has 0 radical (unpaired) electrons. The van der Waals surface area contributed by atoms with E-state index in [1.807, 2.05) is 0 Å². The van der Waals surface area contributed by atoms with Gasteiger partial charge in [0, 0.05) is 6.04 Å². The van der Waals surface area contributed by atoms with Gasteiger partial charge in [0.2, 0.25) is 0 Å². The lowest BCUT2D eigenvalue weighted by Gasteiger charge is -2.26. The van der Waals surface area contributed by atoms with Crippen LogP contribution in [0.15, 0.2) is 18.2 Å². The van der Waals surface area contributed by atoms with Gasteiger partial charge >= 0.3 is 0 Å². The number of hydrogen-bond acceptors (Lipinski definition) is 1. The molecule has 0 aliphatic heterocycles. The van der Waals surface area contributed by atoms with Crippen LogP contribution in [0.5, 0.6) is 0 Å². The van der Waals surface area contributed by atoms with Crippen LogP contribution in [0.2, 0.25) is 0 Å². The SMILES string of the molecule is CCCNC(c1ccc2c(c1)CCC2)C(C)C1CC1. The minimum Gasteiger partial charge on any atom is -0.310 e. The van der Waals surface area contributed by atoms with E-state index in [1.165, 1.54) is 44.1 Å². The van der Waals surface area contributed by atoms with Gasteiger partial charge in [0.1, 0.15) is 0 Å². The van der Waals surface area contributed by atoms with Gasteiger partial charge in [0.05, 0.1) is 0 Å². The lowest BCUT2D eigenvalue weighted by molar-refractivity contribution is 0.349. The summed E-state index contributed by atoms with van der Waals surface area (Å²) in [6.07, 6.45) is 8.04. The Bertz CT molecular complexity index is 433. The van der Waals surface area contributed by atoms with Gasteiger partial charge in [-0.2, -0.15) is 0 Å². The van der Waals surface area contributed by atoms with Crippen molar-refractivity contribution >= 4 is 0 Å². The second kappa shape index (κ2) is 5.66. The molecule has 1 aromatic carbocycles. The maximum absolute atomic E-state index is 3.80. The molecule has 19 heavy (non-hydrogen) atoms. The van der Waals surface area contributed by atoms with Gasteiger partial charge in [0.25, 0.3) is 0 Å². The lowest BCUT2D eigenvalue weighted by atomic mass is 9.89. The number of aryl methyl sites for hydroxylation is 2. The second-order valence-electron chi connectivity index (χ2n) is 6.51. The number of nitrogens with one attached hydrogen (secondary N) is 1. The normalized spacial score (nSPS) is 21.2. The van der Waals surface area contributed by atoms with E-state index in [1.54, 1.807) is 11.1 Å². The average Bonchev–Trinajstić information content (AvgIpc) is 3.17. The summed E-state index contributed by atoms with van der Waals surface area (Å²) in [5.74, 6) is 1.74. The van der Waals surface area contributed by atoms with Crippen molar-refractivity contribution < 1.29 is 0 Å². The lowest BCUT2D eigenvalue weighted by Crippen LogP contribution is -2.28. The Morgan fingerprint density at radius 2 is 2.00 bits per heavy atom. The van der Waals surface area contributed by atoms with E-state index in [4.69, 9.17) is 0 Å². The molecule has 1 heteroatoms. The van der Waals surface area contributed by atoms with Crippen molar-refractivity contribution in [1.82, 2.24) is 5.32 Å². The van der Waals surface area contributed by atoms with Gasteiger partial charge in [-0.15, -0.1) is 0 Å². The standard InChI is InChI=1S/C18H27N/c1-3-11-19-18(13(2)14-7-8-14)17-10-9-15-5-4-6-16(15)12-17/h9-10,12-14,18-19H,3-8,11H2,1-2H3. The molecule has 0 spiro atoms. The van der Waals surface area contributed by atoms with Crippen LogP contribution in [-0.4, -0.2) is 6.54 Å². The fourth-order valence-electron chi connectivity index (χ4n) is 3.59. The molecule has 1 saturated carbocycles. The molecule has 1 aromatic rings. The number of rotatable bonds is 6. The summed E-state index contributed by atoms with van der Waals surface area (Å²) < 4.78 is 0. The van der Waals surface area contributed by atoms with Crippen LogP contribution in [-0.2, 0) is 12.8 Å². The highest BCUT2D eigenvalue weighted by atomic mass is 14.9. The van der Waals surface area contributed by atoms with Crippen LogP contribution >= 0.6 is 0 Å². The minimum atomic E-state index is 0.568. The fraction of sp³-hybridized carbons (Fsp3) is 0.667. The van der Waals surface area contributed by atoms with E-state index in [2.05, 4.69) is 37.4 Å². The van der Waals surface area contributed by atoms with Gasteiger partial charge in [-0.25, -0.2) is 0 Å². The molecule has 0 bridgehead atoms. The number of benzene rings is 1. The largest absolute Gasteiger partial charge is 0.310 e. The first kappa shape index (κ1) is 13.2. The van der Waals surface area contributed by atoms with E-state index in [0.29, 0.717) is 6.04 Å². The molecule has 1 fully saturated rings. The maximum atomic E-state index is 3.80. The van der Waals surface area contributed by atoms with Gasteiger partial charge in [-0.3, -0.25) is 0 Å². The molecule has 0 amide bonds. The van der Waals surface area contributed by atoms with E-state index < -0.39 is 0 Å². The number of fused-ring (bicyclic) bond motifs is 1. The Labute approximate surface area is 117 Å². The minimum absolute atomic E-state index is 0.568. The Kier molecular flexibility index (Phi) is 3.93. The third-order valence-corrected chi connectivity index (χ3v) is 4.99. The molecule has 0 aromatic heterocycles. The Hall–Kier alpha value is -0.820. The summed E-state index contributed by atoms with van der Waals surface area (Å²) in [7, 11) is 0. The van der Waals surface area contributed by atoms with E-state index >= 15 is 0 Å². The zero-order valence-electron chi connectivity index (χ0n) is 12.4. The van der Waals surface area contributed by atoms with Crippen LogP contribution < -0.4 is 5.32 Å². The van der Waals surface area contributed by atoms with Crippen LogP contribution in [0.4, 0.5) is 0 Å². The predicted molar refractivity (Wildman–Crippen MR) is 81.4 cm³/mol. The Balaban J connectivity index is 1.81. The second-order valence-corrected chi connectivity index (χ2v) is 6.51. The Morgan fingerprint density at radius 3 is 2.74 bits per heavy atom. The zero-order valence-corrected chi connectivity index (χ0v) is 12.4. The predicted octanol–water partition coefficient (Wildman–Crippen LogP) is 4.26. The summed E-state index contributed by atoms with van der Waals surface area (Å²) in [5.41, 5.74) is 4.74. The molecular formula is C18H27N. The molecular weight excluding hydrogens is 230 g/mol. The van der Waals surface area contributed by atoms with E-state index in [-0.39, 0.29) is 0 Å². The molecule has 1 nitrogen and oxygen atoms in total. The quantitative estimate of drug-likeness (QED) is 0.803. The molecule has 104 valence electrons. The van der Waals surface area contributed by atoms with Crippen molar-refractivity contribution in [1.29, 1.82) is 0 Å². The smallest absolute Gasteiger partial charge is 0.0348 e. The van der Waals surface area contributed by atoms with Crippen LogP contribution in [0.3, 0.4) is 0 Å². The maximum Gasteiger partial charge on any atom is 0.0348 e. The van der Waals surface area contributed by atoms with Crippen molar-refractivity contribution in [2.45, 2.75) is 58.4 Å². The summed E-state index contributed by atoms with van der Waals surface area (Å²) >= 11 is 0. The molecule has 2 aliphatic rings. The van der Waals surface area contributed by atoms with Crippen molar-refractivity contribution in [2.24, 2.45) is 11.8 Å². The van der Waals surface area contributed by atoms with Crippen molar-refractivity contribution in [3.63, 3.8) is 0 Å². The highest BCUT2D eigenvalue weighted by Gasteiger charge is 2.34. The van der Waals surface area contributed by atoms with E-state index in [0.717, 1.165) is 18.4 Å². The summed E-state index contributed by atoms with van der Waals surface area (Å²) in [5, 5.41) is 3.80. The zero-order chi connectivity index (χ0) is 13.2. The van der Waals surface area contributed by atoms with E-state index in [9.17, 15) is 0 Å². The van der Waals surface area contributed by atoms with Crippen molar-refractivity contribution in [2.75, 3.05) is 6.54 Å². The Morgan fingerprint density at radius 1 is 1.21 bits per heavy atom. The fourth-order valence-corrected chi connectivity index (χ4v) is 3.59. The first-order valence-electron chi connectivity index (χ1n) is 8.14. The summed E-state index contributed by atoms with van der Waals surface area (Å²) in [6.45, 7) is 5.84. The third-order valence-electron chi connectivity index (χ3n) is 4.99.